The van der Waals surface area contributed by atoms with Gasteiger partial charge in [-0.2, -0.15) is 0 Å². The Bertz CT molecular complexity index is 1650. The largest absolute Gasteiger partial charge is 0.582 e. The molecule has 6 heterocycles. The van der Waals surface area contributed by atoms with Gasteiger partial charge in [0.25, 0.3) is 0 Å². The number of aliphatic hydroxyl groups excluding tert-OH is 2. The summed E-state index contributed by atoms with van der Waals surface area (Å²) in [6.45, 7) is -0.0953. The lowest BCUT2D eigenvalue weighted by atomic mass is 10.1. The molecule has 2 aliphatic rings. The average Bonchev–Trinajstić information content (AvgIpc) is 3.83. The number of ether oxygens (including phenoxy) is 2. The SMILES string of the molecule is O=[P+](S)OC1[C@@H](F)C(n2cnc3c(NCCCCNc4ncnc5c4ncn5[C@@H]4OC(CO)[C@@H](O[P+](=O)S)[C@H]4F)ncnc32)O[C@@H]1CO. The Balaban J connectivity index is 1.04. The standard InChI is InChI=1S/C24H28F2N10O8P2S2/c25-13-17(43-45(39)47)11(5-37)41-23(13)35-9-33-15-19(29-7-31-21(15)35)27-3-1-2-4-28-20-16-22(32-8-30-20)36(10-34-16)24-14(26)18(44-46(40)48)12(6-38)42-24/h7-14,17-18,23-24,37-38H,1-6H2,(H2-2,27,28,29,30,31,32,39,40,47,48)/p+2/t11-,12?,13-,14-,17?,18-,23?,24-/m1/s1. The van der Waals surface area contributed by atoms with Gasteiger partial charge in [-0.3, -0.25) is 9.13 Å². The minimum atomic E-state index is -2.43. The third-order valence-corrected chi connectivity index (χ3v) is 9.19. The molecule has 0 aromatic carbocycles. The fraction of sp³-hybridized carbons (Fsp3) is 0.583. The van der Waals surface area contributed by atoms with Crippen LogP contribution in [0.1, 0.15) is 25.3 Å². The van der Waals surface area contributed by atoms with Crippen molar-refractivity contribution >= 4 is 72.9 Å². The van der Waals surface area contributed by atoms with Crippen LogP contribution in [0, 0.1) is 0 Å². The molecule has 10 atom stereocenters. The lowest BCUT2D eigenvalue weighted by molar-refractivity contribution is -0.0427. The lowest BCUT2D eigenvalue weighted by Gasteiger charge is -2.15. The van der Waals surface area contributed by atoms with Gasteiger partial charge < -0.3 is 30.3 Å². The molecule has 258 valence electrons. The van der Waals surface area contributed by atoms with Crippen LogP contribution in [0.5, 0.6) is 0 Å². The first-order valence-electron chi connectivity index (χ1n) is 14.5. The van der Waals surface area contributed by atoms with E-state index in [-0.39, 0.29) is 11.3 Å². The number of hydrogen-bond donors (Lipinski definition) is 6. The van der Waals surface area contributed by atoms with E-state index in [1.165, 1.54) is 34.4 Å². The normalized spacial score (nSPS) is 28.0. The molecule has 0 radical (unpaired) electrons. The summed E-state index contributed by atoms with van der Waals surface area (Å²) in [4.78, 5) is 25.6. The quantitative estimate of drug-likeness (QED) is 0.0584. The van der Waals surface area contributed by atoms with Gasteiger partial charge in [-0.15, -0.1) is 9.05 Å². The van der Waals surface area contributed by atoms with Crippen molar-refractivity contribution in [1.82, 2.24) is 39.0 Å². The molecule has 5 unspecified atom stereocenters. The zero-order chi connectivity index (χ0) is 33.9. The Morgan fingerprint density at radius 1 is 0.750 bits per heavy atom. The second-order valence-electron chi connectivity index (χ2n) is 10.7. The molecule has 48 heavy (non-hydrogen) atoms. The molecule has 2 fully saturated rings. The number of thiol groups is 2. The lowest BCUT2D eigenvalue weighted by Crippen LogP contribution is -2.31. The first-order chi connectivity index (χ1) is 23.2. The van der Waals surface area contributed by atoms with E-state index in [9.17, 15) is 19.3 Å². The molecule has 4 aromatic rings. The van der Waals surface area contributed by atoms with Gasteiger partial charge in [-0.1, -0.05) is 0 Å². The maximum absolute atomic E-state index is 15.2. The first-order valence-corrected chi connectivity index (χ1v) is 19.2. The van der Waals surface area contributed by atoms with Crippen LogP contribution >= 0.6 is 39.0 Å². The Morgan fingerprint density at radius 3 is 1.54 bits per heavy atom. The van der Waals surface area contributed by atoms with Crippen LogP contribution < -0.4 is 10.6 Å². The molecule has 0 spiro atoms. The first kappa shape index (κ1) is 35.1. The molecular formula is C24H30F2N10O8P2S2+2. The zero-order valence-electron chi connectivity index (χ0n) is 24.6. The van der Waals surface area contributed by atoms with Crippen molar-refractivity contribution in [3.63, 3.8) is 0 Å². The van der Waals surface area contributed by atoms with Crippen molar-refractivity contribution in [2.24, 2.45) is 0 Å². The van der Waals surface area contributed by atoms with Gasteiger partial charge in [0.05, 0.1) is 25.9 Å². The van der Waals surface area contributed by atoms with E-state index in [2.05, 4.69) is 65.0 Å². The van der Waals surface area contributed by atoms with E-state index in [0.29, 0.717) is 48.6 Å². The van der Waals surface area contributed by atoms with E-state index in [0.717, 1.165) is 0 Å². The molecular weight excluding hydrogens is 720 g/mol. The Kier molecular flexibility index (Phi) is 11.3. The molecule has 18 nitrogen and oxygen atoms in total. The van der Waals surface area contributed by atoms with Gasteiger partial charge in [-0.05, 0) is 22.0 Å². The predicted octanol–water partition coefficient (Wildman–Crippen LogP) is 2.67. The van der Waals surface area contributed by atoms with Gasteiger partial charge in [-0.25, -0.2) is 38.7 Å². The predicted molar refractivity (Wildman–Crippen MR) is 172 cm³/mol. The number of fused-ring (bicyclic) bond motifs is 2. The van der Waals surface area contributed by atoms with Crippen LogP contribution in [0.25, 0.3) is 22.3 Å². The van der Waals surface area contributed by atoms with Crippen molar-refractivity contribution in [1.29, 1.82) is 0 Å². The van der Waals surface area contributed by atoms with Crippen LogP contribution in [-0.2, 0) is 27.7 Å². The van der Waals surface area contributed by atoms with Crippen LogP contribution in [-0.4, -0.2) is 112 Å². The van der Waals surface area contributed by atoms with Gasteiger partial charge >= 0.3 is 14.5 Å². The van der Waals surface area contributed by atoms with E-state index < -0.39 is 76.9 Å². The second kappa shape index (κ2) is 15.4. The molecule has 0 amide bonds. The Labute approximate surface area is 282 Å². The zero-order valence-corrected chi connectivity index (χ0v) is 28.2. The van der Waals surface area contributed by atoms with Gasteiger partial charge in [0.15, 0.2) is 71.0 Å². The number of unbranched alkanes of at least 4 members (excludes halogenated alkanes) is 1. The summed E-state index contributed by atoms with van der Waals surface area (Å²) >= 11 is 7.36. The van der Waals surface area contributed by atoms with E-state index >= 15 is 8.78 Å². The maximum atomic E-state index is 15.2. The van der Waals surface area contributed by atoms with E-state index in [1.807, 2.05) is 0 Å². The summed E-state index contributed by atoms with van der Waals surface area (Å²) in [5.41, 5.74) is 1.33. The number of nitrogens with zero attached hydrogens (tertiary/aromatic N) is 8. The van der Waals surface area contributed by atoms with Gasteiger partial charge in [0.1, 0.15) is 49.4 Å². The number of halogens is 2. The van der Waals surface area contributed by atoms with E-state index in [4.69, 9.17) is 18.5 Å². The molecule has 24 heteroatoms. The van der Waals surface area contributed by atoms with Gasteiger partial charge in [0.2, 0.25) is 0 Å². The smallest absolute Gasteiger partial charge is 0.394 e. The molecule has 4 N–H and O–H groups in total. The topological polar surface area (TPSA) is 223 Å². The van der Waals surface area contributed by atoms with Crippen molar-refractivity contribution in [3.8, 4) is 0 Å². The summed E-state index contributed by atoms with van der Waals surface area (Å²) in [6, 6.07) is 0. The number of alkyl halides is 2. The Hall–Kier alpha value is -2.78. The number of anilines is 2. The number of aliphatic hydroxyl groups is 2. The van der Waals surface area contributed by atoms with Crippen molar-refractivity contribution < 1.29 is 46.6 Å². The molecule has 0 aliphatic carbocycles. The van der Waals surface area contributed by atoms with Crippen molar-refractivity contribution in [2.75, 3.05) is 36.9 Å². The molecule has 0 bridgehead atoms. The maximum Gasteiger partial charge on any atom is 0.582 e. The molecule has 2 saturated heterocycles. The Morgan fingerprint density at radius 2 is 1.17 bits per heavy atom. The van der Waals surface area contributed by atoms with Crippen LogP contribution in [0.15, 0.2) is 25.3 Å². The molecule has 0 saturated carbocycles. The number of nitrogens with one attached hydrogen (secondary N) is 2. The van der Waals surface area contributed by atoms with Crippen molar-refractivity contribution in [3.05, 3.63) is 25.3 Å². The summed E-state index contributed by atoms with van der Waals surface area (Å²) < 4.78 is 77.5. The number of rotatable bonds is 15. The van der Waals surface area contributed by atoms with Gasteiger partial charge in [0, 0.05) is 13.1 Å². The number of hydrogen-bond acceptors (Lipinski definition) is 16. The fourth-order valence-electron chi connectivity index (χ4n) is 5.59. The summed E-state index contributed by atoms with van der Waals surface area (Å²) in [6.07, 6.45) is -4.02. The number of aromatic nitrogens is 8. The van der Waals surface area contributed by atoms with Crippen molar-refractivity contribution in [2.45, 2.75) is 62.1 Å². The van der Waals surface area contributed by atoms with Crippen LogP contribution in [0.4, 0.5) is 20.4 Å². The highest BCUT2D eigenvalue weighted by Gasteiger charge is 2.52. The minimum Gasteiger partial charge on any atom is -0.394 e. The van der Waals surface area contributed by atoms with Crippen LogP contribution in [0.3, 0.4) is 0 Å². The summed E-state index contributed by atoms with van der Waals surface area (Å²) in [5.74, 6) is 0.844. The second-order valence-corrected chi connectivity index (χ2v) is 14.0. The molecule has 6 rings (SSSR count). The highest BCUT2D eigenvalue weighted by molar-refractivity contribution is 8.39. The average molecular weight is 751 g/mol. The monoisotopic (exact) mass is 750 g/mol. The third kappa shape index (κ3) is 7.09. The highest BCUT2D eigenvalue weighted by atomic mass is 32.7. The summed E-state index contributed by atoms with van der Waals surface area (Å²) in [7, 11) is -4.85. The third-order valence-electron chi connectivity index (χ3n) is 7.77. The fourth-order valence-corrected chi connectivity index (χ4v) is 7.16. The summed E-state index contributed by atoms with van der Waals surface area (Å²) in [5, 5.41) is 25.6. The number of imidazole rings is 2. The van der Waals surface area contributed by atoms with Crippen LogP contribution in [0.2, 0.25) is 0 Å². The molecule has 4 aromatic heterocycles. The minimum absolute atomic E-state index is 0.288. The molecule has 2 aliphatic heterocycles. The van der Waals surface area contributed by atoms with E-state index in [1.54, 1.807) is 0 Å². The highest BCUT2D eigenvalue weighted by Crippen LogP contribution is 2.42.